The van der Waals surface area contributed by atoms with Gasteiger partial charge in [-0.05, 0) is 17.7 Å². The van der Waals surface area contributed by atoms with Crippen LogP contribution in [-0.2, 0) is 4.79 Å². The van der Waals surface area contributed by atoms with E-state index in [1.807, 2.05) is 6.07 Å². The van der Waals surface area contributed by atoms with Gasteiger partial charge in [-0.15, -0.1) is 11.8 Å². The summed E-state index contributed by atoms with van der Waals surface area (Å²) in [5.41, 5.74) is 1.29. The van der Waals surface area contributed by atoms with E-state index >= 15 is 0 Å². The molecule has 1 aromatic carbocycles. The summed E-state index contributed by atoms with van der Waals surface area (Å²) in [6, 6.07) is 9.95. The Morgan fingerprint density at radius 3 is 3.04 bits per heavy atom. The van der Waals surface area contributed by atoms with Crippen LogP contribution in [0.2, 0.25) is 0 Å². The molecule has 24 heavy (non-hydrogen) atoms. The Morgan fingerprint density at radius 1 is 1.33 bits per heavy atom. The monoisotopic (exact) mass is 341 g/mol. The summed E-state index contributed by atoms with van der Waals surface area (Å²) < 4.78 is 0. The van der Waals surface area contributed by atoms with Crippen molar-refractivity contribution in [1.29, 1.82) is 0 Å². The van der Waals surface area contributed by atoms with E-state index in [2.05, 4.69) is 15.2 Å². The van der Waals surface area contributed by atoms with Crippen LogP contribution in [0, 0.1) is 10.1 Å². The number of nitrogens with one attached hydrogen (secondary N) is 1. The molecule has 1 saturated heterocycles. The molecule has 0 saturated carbocycles. The topological polar surface area (TPSA) is 105 Å². The van der Waals surface area contributed by atoms with Crippen LogP contribution in [0.15, 0.2) is 42.6 Å². The molecule has 0 bridgehead atoms. The molecule has 1 amide bonds. The van der Waals surface area contributed by atoms with Crippen molar-refractivity contribution in [1.82, 2.24) is 15.2 Å². The van der Waals surface area contributed by atoms with E-state index in [-0.39, 0.29) is 17.0 Å². The maximum absolute atomic E-state index is 12.4. The molecule has 9 heteroatoms. The number of nitrogens with zero attached hydrogens (tertiary/aromatic N) is 4. The van der Waals surface area contributed by atoms with Gasteiger partial charge < -0.3 is 0 Å². The minimum atomic E-state index is -0.441. The van der Waals surface area contributed by atoms with Crippen molar-refractivity contribution >= 4 is 40.2 Å². The minimum Gasteiger partial charge on any atom is -0.277 e. The summed E-state index contributed by atoms with van der Waals surface area (Å²) in [7, 11) is 0. The van der Waals surface area contributed by atoms with E-state index in [1.165, 1.54) is 23.9 Å². The molecule has 0 unspecified atom stereocenters. The number of nitro groups is 1. The number of carbonyl (C=O) groups excluding carboxylic acids is 1. The smallest absolute Gasteiger partial charge is 0.269 e. The summed E-state index contributed by atoms with van der Waals surface area (Å²) >= 11 is 1.42. The summed E-state index contributed by atoms with van der Waals surface area (Å²) in [6.45, 7) is 0. The minimum absolute atomic E-state index is 0.000881. The highest BCUT2D eigenvalue weighted by atomic mass is 32.2. The van der Waals surface area contributed by atoms with Crippen LogP contribution in [0.4, 0.5) is 11.5 Å². The lowest BCUT2D eigenvalue weighted by Crippen LogP contribution is -2.28. The summed E-state index contributed by atoms with van der Waals surface area (Å²) in [6.07, 6.45) is 1.64. The third kappa shape index (κ3) is 2.29. The average molecular weight is 341 g/mol. The van der Waals surface area contributed by atoms with Crippen molar-refractivity contribution in [3.63, 3.8) is 0 Å². The normalized spacial score (nSPS) is 17.6. The molecule has 4 rings (SSSR count). The number of benzene rings is 1. The fourth-order valence-corrected chi connectivity index (χ4v) is 3.86. The average Bonchev–Trinajstić information content (AvgIpc) is 3.18. The predicted molar refractivity (Wildman–Crippen MR) is 89.7 cm³/mol. The quantitative estimate of drug-likeness (QED) is 0.580. The highest BCUT2D eigenvalue weighted by Gasteiger charge is 2.37. The van der Waals surface area contributed by atoms with E-state index in [0.29, 0.717) is 22.8 Å². The fourth-order valence-electron chi connectivity index (χ4n) is 2.72. The number of H-pyrrole nitrogens is 1. The number of non-ortho nitro benzene ring substituents is 1. The molecule has 8 nitrogen and oxygen atoms in total. The van der Waals surface area contributed by atoms with E-state index in [1.54, 1.807) is 29.3 Å². The first kappa shape index (κ1) is 14.6. The van der Waals surface area contributed by atoms with Crippen molar-refractivity contribution < 1.29 is 9.72 Å². The number of amides is 1. The number of carbonyl (C=O) groups is 1. The number of fused-ring (bicyclic) bond motifs is 1. The summed E-state index contributed by atoms with van der Waals surface area (Å²) in [5.74, 6) is 0.695. The van der Waals surface area contributed by atoms with Gasteiger partial charge in [-0.2, -0.15) is 5.10 Å². The van der Waals surface area contributed by atoms with Crippen LogP contribution in [0.3, 0.4) is 0 Å². The number of aromatic amines is 1. The molecule has 1 aliphatic rings. The Balaban J connectivity index is 1.80. The zero-order valence-corrected chi connectivity index (χ0v) is 13.1. The third-order valence-electron chi connectivity index (χ3n) is 3.78. The largest absolute Gasteiger partial charge is 0.277 e. The molecule has 0 radical (unpaired) electrons. The van der Waals surface area contributed by atoms with Crippen molar-refractivity contribution in [3.8, 4) is 0 Å². The lowest BCUT2D eigenvalue weighted by molar-refractivity contribution is -0.384. The van der Waals surface area contributed by atoms with Crippen molar-refractivity contribution in [2.45, 2.75) is 5.37 Å². The van der Waals surface area contributed by atoms with Crippen LogP contribution in [0.25, 0.3) is 11.0 Å². The molecule has 2 aromatic heterocycles. The standard InChI is InChI=1S/C15H11N5O3S/c21-12-8-24-15(9-3-1-4-10(7-9)20(22)23)19(12)14-11-5-2-6-16-13(11)17-18-14/h1-7,15H,8H2,(H,16,17,18)/t15-/m1/s1. The second kappa shape index (κ2) is 5.60. The van der Waals surface area contributed by atoms with Gasteiger partial charge in [-0.3, -0.25) is 24.9 Å². The Kier molecular flexibility index (Phi) is 3.42. The van der Waals surface area contributed by atoms with E-state index in [9.17, 15) is 14.9 Å². The Labute approximate surface area is 140 Å². The number of thioether (sulfide) groups is 1. The van der Waals surface area contributed by atoms with Gasteiger partial charge in [0, 0.05) is 18.3 Å². The first-order valence-corrected chi connectivity index (χ1v) is 8.17. The molecular formula is C15H11N5O3S. The molecule has 3 aromatic rings. The predicted octanol–water partition coefficient (Wildman–Crippen LogP) is 2.64. The number of rotatable bonds is 3. The number of nitro benzene ring substituents is 1. The zero-order chi connectivity index (χ0) is 16.7. The van der Waals surface area contributed by atoms with Gasteiger partial charge in [0.2, 0.25) is 5.91 Å². The second-order valence-corrected chi connectivity index (χ2v) is 6.29. The first-order chi connectivity index (χ1) is 11.6. The van der Waals surface area contributed by atoms with Gasteiger partial charge in [0.15, 0.2) is 11.5 Å². The second-order valence-electron chi connectivity index (χ2n) is 5.23. The molecule has 120 valence electrons. The molecule has 3 heterocycles. The number of aromatic nitrogens is 3. The lowest BCUT2D eigenvalue weighted by atomic mass is 10.1. The Morgan fingerprint density at radius 2 is 2.21 bits per heavy atom. The van der Waals surface area contributed by atoms with Gasteiger partial charge >= 0.3 is 0 Å². The number of hydrogen-bond acceptors (Lipinski definition) is 6. The van der Waals surface area contributed by atoms with Crippen LogP contribution in [0.5, 0.6) is 0 Å². The van der Waals surface area contributed by atoms with Crippen LogP contribution < -0.4 is 4.90 Å². The highest BCUT2D eigenvalue weighted by molar-refractivity contribution is 8.00. The van der Waals surface area contributed by atoms with Crippen LogP contribution in [-0.4, -0.2) is 31.8 Å². The van der Waals surface area contributed by atoms with Crippen molar-refractivity contribution in [2.24, 2.45) is 0 Å². The summed E-state index contributed by atoms with van der Waals surface area (Å²) in [4.78, 5) is 28.7. The SMILES string of the molecule is O=C1CS[C@H](c2cccc([N+](=O)[O-])c2)N1c1n[nH]c2ncccc12. The van der Waals surface area contributed by atoms with Crippen molar-refractivity contribution in [2.75, 3.05) is 10.7 Å². The van der Waals surface area contributed by atoms with Gasteiger partial charge in [0.05, 0.1) is 16.1 Å². The van der Waals surface area contributed by atoms with Gasteiger partial charge in [-0.25, -0.2) is 4.98 Å². The third-order valence-corrected chi connectivity index (χ3v) is 4.99. The number of anilines is 1. The number of hydrogen-bond donors (Lipinski definition) is 1. The molecule has 1 fully saturated rings. The molecule has 0 aliphatic carbocycles. The molecule has 1 aliphatic heterocycles. The van der Waals surface area contributed by atoms with Crippen LogP contribution >= 0.6 is 11.8 Å². The van der Waals surface area contributed by atoms with Gasteiger partial charge in [0.25, 0.3) is 5.69 Å². The van der Waals surface area contributed by atoms with E-state index in [0.717, 1.165) is 5.39 Å². The van der Waals surface area contributed by atoms with Gasteiger partial charge in [-0.1, -0.05) is 12.1 Å². The van der Waals surface area contributed by atoms with E-state index in [4.69, 9.17) is 0 Å². The van der Waals surface area contributed by atoms with Crippen molar-refractivity contribution in [3.05, 3.63) is 58.3 Å². The Bertz CT molecular complexity index is 957. The number of pyridine rings is 1. The molecule has 1 atom stereocenters. The first-order valence-electron chi connectivity index (χ1n) is 7.12. The maximum atomic E-state index is 12.4. The fraction of sp³-hybridized carbons (Fsp3) is 0.133. The van der Waals surface area contributed by atoms with Crippen LogP contribution in [0.1, 0.15) is 10.9 Å². The molecule has 1 N–H and O–H groups in total. The molecule has 0 spiro atoms. The molecular weight excluding hydrogens is 330 g/mol. The maximum Gasteiger partial charge on any atom is 0.269 e. The zero-order valence-electron chi connectivity index (χ0n) is 12.2. The highest BCUT2D eigenvalue weighted by Crippen LogP contribution is 2.43. The lowest BCUT2D eigenvalue weighted by Gasteiger charge is -2.22. The summed E-state index contributed by atoms with van der Waals surface area (Å²) in [5, 5.41) is 18.4. The Hall–Kier alpha value is -2.94. The van der Waals surface area contributed by atoms with E-state index < -0.39 is 4.92 Å². The van der Waals surface area contributed by atoms with Gasteiger partial charge in [0.1, 0.15) is 5.37 Å².